The molecule has 2 aromatic rings. The Bertz CT molecular complexity index is 576. The van der Waals surface area contributed by atoms with E-state index in [0.29, 0.717) is 6.04 Å². The van der Waals surface area contributed by atoms with Gasteiger partial charge in [0.1, 0.15) is 0 Å². The molecule has 1 aliphatic heterocycles. The second kappa shape index (κ2) is 6.31. The van der Waals surface area contributed by atoms with E-state index in [1.807, 2.05) is 23.1 Å². The molecule has 1 N–H and O–H groups in total. The molecule has 4 heteroatoms. The maximum absolute atomic E-state index is 4.27. The lowest BCUT2D eigenvalue weighted by atomic mass is 10.0. The van der Waals surface area contributed by atoms with Crippen molar-refractivity contribution < 1.29 is 0 Å². The highest BCUT2D eigenvalue weighted by Crippen LogP contribution is 2.30. The number of hydrogen-bond donors (Lipinski definition) is 1. The van der Waals surface area contributed by atoms with Gasteiger partial charge in [-0.15, -0.1) is 0 Å². The van der Waals surface area contributed by atoms with Crippen molar-refractivity contribution in [3.63, 3.8) is 0 Å². The van der Waals surface area contributed by atoms with Gasteiger partial charge >= 0.3 is 0 Å². The van der Waals surface area contributed by atoms with Crippen molar-refractivity contribution in [1.29, 1.82) is 0 Å². The van der Waals surface area contributed by atoms with E-state index in [4.69, 9.17) is 0 Å². The summed E-state index contributed by atoms with van der Waals surface area (Å²) in [7, 11) is 0. The average Bonchev–Trinajstić information content (AvgIpc) is 3.14. The Morgan fingerprint density at radius 3 is 3.00 bits per heavy atom. The first-order valence-corrected chi connectivity index (χ1v) is 7.86. The summed E-state index contributed by atoms with van der Waals surface area (Å²) < 4.78 is 2.00. The highest BCUT2D eigenvalue weighted by Gasteiger charge is 2.19. The van der Waals surface area contributed by atoms with Gasteiger partial charge in [0.2, 0.25) is 0 Å². The minimum atomic E-state index is 0.429. The fourth-order valence-corrected chi connectivity index (χ4v) is 3.07. The molecule has 112 valence electrons. The lowest BCUT2D eigenvalue weighted by Gasteiger charge is -2.20. The van der Waals surface area contributed by atoms with Crippen molar-refractivity contribution in [2.45, 2.75) is 32.9 Å². The summed E-state index contributed by atoms with van der Waals surface area (Å²) in [6, 6.07) is 9.33. The second-order valence-corrected chi connectivity index (χ2v) is 5.67. The summed E-state index contributed by atoms with van der Waals surface area (Å²) in [5, 5.41) is 7.76. The molecule has 0 bridgehead atoms. The highest BCUT2D eigenvalue weighted by atomic mass is 15.3. The molecule has 0 aliphatic carbocycles. The molecule has 1 aliphatic rings. The van der Waals surface area contributed by atoms with Crippen LogP contribution in [0.5, 0.6) is 0 Å². The molecule has 0 spiro atoms. The summed E-state index contributed by atoms with van der Waals surface area (Å²) in [5.41, 5.74) is 4.27. The summed E-state index contributed by atoms with van der Waals surface area (Å²) in [4.78, 5) is 2.47. The van der Waals surface area contributed by atoms with Crippen LogP contribution in [-0.2, 0) is 13.0 Å². The molecule has 2 heterocycles. The third-order valence-corrected chi connectivity index (χ3v) is 4.26. The van der Waals surface area contributed by atoms with Crippen LogP contribution < -0.4 is 10.2 Å². The quantitative estimate of drug-likeness (QED) is 0.885. The molecule has 0 saturated carbocycles. The Kier molecular flexibility index (Phi) is 4.25. The van der Waals surface area contributed by atoms with Gasteiger partial charge in [-0.1, -0.05) is 19.1 Å². The number of hydrogen-bond acceptors (Lipinski definition) is 3. The first-order chi connectivity index (χ1) is 10.3. The van der Waals surface area contributed by atoms with Crippen LogP contribution in [0, 0.1) is 0 Å². The largest absolute Gasteiger partial charge is 0.369 e. The van der Waals surface area contributed by atoms with Gasteiger partial charge < -0.3 is 10.2 Å². The molecule has 21 heavy (non-hydrogen) atoms. The van der Waals surface area contributed by atoms with Crippen LogP contribution in [0.2, 0.25) is 0 Å². The zero-order valence-corrected chi connectivity index (χ0v) is 12.9. The van der Waals surface area contributed by atoms with Gasteiger partial charge in [-0.2, -0.15) is 5.10 Å². The zero-order chi connectivity index (χ0) is 14.7. The van der Waals surface area contributed by atoms with Gasteiger partial charge in [-0.05, 0) is 43.1 Å². The molecule has 0 fully saturated rings. The SMILES string of the molecule is CCNC(C)c1ccc2c(c1)CCN2CCn1cccn1. The molecule has 0 radical (unpaired) electrons. The maximum atomic E-state index is 4.27. The second-order valence-electron chi connectivity index (χ2n) is 5.67. The molecular formula is C17H24N4. The van der Waals surface area contributed by atoms with E-state index in [1.54, 1.807) is 0 Å². The minimum Gasteiger partial charge on any atom is -0.369 e. The third-order valence-electron chi connectivity index (χ3n) is 4.26. The topological polar surface area (TPSA) is 33.1 Å². The van der Waals surface area contributed by atoms with Crippen molar-refractivity contribution in [3.05, 3.63) is 47.8 Å². The van der Waals surface area contributed by atoms with E-state index in [1.165, 1.54) is 16.8 Å². The smallest absolute Gasteiger partial charge is 0.0584 e. The number of fused-ring (bicyclic) bond motifs is 1. The van der Waals surface area contributed by atoms with Crippen LogP contribution in [0.3, 0.4) is 0 Å². The van der Waals surface area contributed by atoms with Crippen molar-refractivity contribution in [2.75, 3.05) is 24.5 Å². The normalized spacial score (nSPS) is 15.2. The monoisotopic (exact) mass is 284 g/mol. The number of nitrogens with one attached hydrogen (secondary N) is 1. The van der Waals surface area contributed by atoms with Gasteiger partial charge in [0, 0.05) is 37.2 Å². The maximum Gasteiger partial charge on any atom is 0.0584 e. The van der Waals surface area contributed by atoms with Gasteiger partial charge in [0.15, 0.2) is 0 Å². The first-order valence-electron chi connectivity index (χ1n) is 7.86. The Labute approximate surface area is 126 Å². The molecule has 0 saturated heterocycles. The van der Waals surface area contributed by atoms with E-state index in [2.05, 4.69) is 47.4 Å². The van der Waals surface area contributed by atoms with Crippen LogP contribution >= 0.6 is 0 Å². The molecule has 1 unspecified atom stereocenters. The number of aromatic nitrogens is 2. The number of rotatable bonds is 6. The number of nitrogens with zero attached hydrogens (tertiary/aromatic N) is 3. The fraction of sp³-hybridized carbons (Fsp3) is 0.471. The van der Waals surface area contributed by atoms with Crippen LogP contribution in [0.1, 0.15) is 31.0 Å². The summed E-state index contributed by atoms with van der Waals surface area (Å²) >= 11 is 0. The Morgan fingerprint density at radius 2 is 2.24 bits per heavy atom. The molecule has 1 aromatic heterocycles. The Hall–Kier alpha value is -1.81. The fourth-order valence-electron chi connectivity index (χ4n) is 3.07. The Balaban J connectivity index is 1.68. The van der Waals surface area contributed by atoms with Crippen LogP contribution in [-0.4, -0.2) is 29.4 Å². The zero-order valence-electron chi connectivity index (χ0n) is 12.9. The van der Waals surface area contributed by atoms with E-state index in [-0.39, 0.29) is 0 Å². The summed E-state index contributed by atoms with van der Waals surface area (Å²) in [6.45, 7) is 8.49. The van der Waals surface area contributed by atoms with Crippen molar-refractivity contribution in [3.8, 4) is 0 Å². The Morgan fingerprint density at radius 1 is 1.33 bits per heavy atom. The summed E-state index contributed by atoms with van der Waals surface area (Å²) in [5.74, 6) is 0. The molecule has 1 aromatic carbocycles. The van der Waals surface area contributed by atoms with Gasteiger partial charge in [-0.25, -0.2) is 0 Å². The summed E-state index contributed by atoms with van der Waals surface area (Å²) in [6.07, 6.45) is 5.02. The van der Waals surface area contributed by atoms with Gasteiger partial charge in [0.05, 0.1) is 6.54 Å². The average molecular weight is 284 g/mol. The lowest BCUT2D eigenvalue weighted by molar-refractivity contribution is 0.597. The molecule has 4 nitrogen and oxygen atoms in total. The van der Waals surface area contributed by atoms with Crippen LogP contribution in [0.25, 0.3) is 0 Å². The van der Waals surface area contributed by atoms with E-state index in [9.17, 15) is 0 Å². The molecule has 3 rings (SSSR count). The minimum absolute atomic E-state index is 0.429. The van der Waals surface area contributed by atoms with E-state index >= 15 is 0 Å². The molecular weight excluding hydrogens is 260 g/mol. The first kappa shape index (κ1) is 14.1. The standard InChI is InChI=1S/C17H24N4/c1-3-18-14(2)15-5-6-17-16(13-15)7-10-20(17)11-12-21-9-4-8-19-21/h4-6,8-9,13-14,18H,3,7,10-12H2,1-2H3. The van der Waals surface area contributed by atoms with Crippen LogP contribution in [0.15, 0.2) is 36.7 Å². The lowest BCUT2D eigenvalue weighted by Crippen LogP contribution is -2.25. The van der Waals surface area contributed by atoms with Gasteiger partial charge in [0.25, 0.3) is 0 Å². The predicted octanol–water partition coefficient (Wildman–Crippen LogP) is 2.62. The van der Waals surface area contributed by atoms with Crippen molar-refractivity contribution in [1.82, 2.24) is 15.1 Å². The molecule has 1 atom stereocenters. The van der Waals surface area contributed by atoms with Crippen molar-refractivity contribution >= 4 is 5.69 Å². The van der Waals surface area contributed by atoms with Crippen LogP contribution in [0.4, 0.5) is 5.69 Å². The number of anilines is 1. The highest BCUT2D eigenvalue weighted by molar-refractivity contribution is 5.59. The number of benzene rings is 1. The van der Waals surface area contributed by atoms with E-state index < -0.39 is 0 Å². The predicted molar refractivity (Wildman–Crippen MR) is 86.7 cm³/mol. The van der Waals surface area contributed by atoms with Crippen molar-refractivity contribution in [2.24, 2.45) is 0 Å². The van der Waals surface area contributed by atoms with Gasteiger partial charge in [-0.3, -0.25) is 4.68 Å². The van der Waals surface area contributed by atoms with E-state index in [0.717, 1.165) is 32.6 Å². The molecule has 0 amide bonds. The third kappa shape index (κ3) is 3.10.